The van der Waals surface area contributed by atoms with E-state index in [1.165, 1.54) is 12.1 Å². The van der Waals surface area contributed by atoms with E-state index in [0.29, 0.717) is 17.7 Å². The van der Waals surface area contributed by atoms with Crippen molar-refractivity contribution in [2.24, 2.45) is 7.05 Å². The van der Waals surface area contributed by atoms with Gasteiger partial charge in [-0.25, -0.2) is 4.79 Å². The lowest BCUT2D eigenvalue weighted by molar-refractivity contribution is -0.275. The predicted molar refractivity (Wildman–Crippen MR) is 98.8 cm³/mol. The van der Waals surface area contributed by atoms with E-state index in [9.17, 15) is 18.0 Å². The summed E-state index contributed by atoms with van der Waals surface area (Å²) in [4.78, 5) is 12.6. The number of nitrogens with one attached hydrogen (secondary N) is 2. The number of aryl methyl sites for hydroxylation is 1. The number of alkyl halides is 3. The lowest BCUT2D eigenvalue weighted by Crippen LogP contribution is -2.35. The molecule has 1 atom stereocenters. The molecule has 0 saturated heterocycles. The molecule has 0 bridgehead atoms. The molecule has 0 unspecified atom stereocenters. The quantitative estimate of drug-likeness (QED) is 0.686. The van der Waals surface area contributed by atoms with Crippen LogP contribution in [0.25, 0.3) is 10.9 Å². The number of urea groups is 1. The van der Waals surface area contributed by atoms with Gasteiger partial charge in [-0.05, 0) is 18.2 Å². The molecule has 0 aliphatic carbocycles. The Hall–Kier alpha value is -3.43. The van der Waals surface area contributed by atoms with E-state index in [1.807, 2.05) is 6.07 Å². The summed E-state index contributed by atoms with van der Waals surface area (Å²) in [5.41, 5.74) is 1.86. The summed E-state index contributed by atoms with van der Waals surface area (Å²) in [6.45, 7) is 0.147. The zero-order valence-electron chi connectivity index (χ0n) is 15.3. The van der Waals surface area contributed by atoms with Crippen LogP contribution in [-0.4, -0.2) is 28.8 Å². The zero-order chi connectivity index (χ0) is 20.6. The standard InChI is InChI=1S/C19H17F3N4O3/c1-26-15-6-3-5-13(12(15)10-23-26)24-18(27)25-14-8-9-28-17-11(14)4-2-7-16(17)29-19(20,21)22/h2-7,10,14H,8-9H2,1H3,(H2,24,25,27)/t14-/m1/s1. The van der Waals surface area contributed by atoms with Crippen molar-refractivity contribution in [3.05, 3.63) is 48.2 Å². The molecule has 1 aromatic heterocycles. The Bertz CT molecular complexity index is 1060. The Morgan fingerprint density at radius 3 is 2.86 bits per heavy atom. The molecule has 7 nitrogen and oxygen atoms in total. The molecule has 2 amide bonds. The number of halogens is 3. The fourth-order valence-electron chi connectivity index (χ4n) is 3.35. The number of aromatic nitrogens is 2. The van der Waals surface area contributed by atoms with Crippen LogP contribution >= 0.6 is 0 Å². The number of nitrogens with zero attached hydrogens (tertiary/aromatic N) is 2. The summed E-state index contributed by atoms with van der Waals surface area (Å²) in [5.74, 6) is -0.447. The van der Waals surface area contributed by atoms with Gasteiger partial charge in [0.25, 0.3) is 0 Å². The van der Waals surface area contributed by atoms with Crippen molar-refractivity contribution >= 4 is 22.6 Å². The van der Waals surface area contributed by atoms with Crippen molar-refractivity contribution < 1.29 is 27.4 Å². The number of benzene rings is 2. The predicted octanol–water partition coefficient (Wildman–Crippen LogP) is 4.12. The van der Waals surface area contributed by atoms with E-state index in [4.69, 9.17) is 4.74 Å². The van der Waals surface area contributed by atoms with Crippen LogP contribution in [0.1, 0.15) is 18.0 Å². The second kappa shape index (κ2) is 7.19. The van der Waals surface area contributed by atoms with E-state index in [0.717, 1.165) is 10.9 Å². The molecular weight excluding hydrogens is 389 g/mol. The molecule has 4 rings (SSSR count). The van der Waals surface area contributed by atoms with Gasteiger partial charge in [-0.15, -0.1) is 13.2 Å². The molecule has 2 heterocycles. The van der Waals surface area contributed by atoms with Crippen molar-refractivity contribution in [1.82, 2.24) is 15.1 Å². The number of rotatable bonds is 3. The SMILES string of the molecule is Cn1ncc2c(NC(=O)N[C@@H]3CCOc4c(OC(F)(F)F)cccc43)cccc21. The van der Waals surface area contributed by atoms with Crippen LogP contribution in [-0.2, 0) is 7.05 Å². The summed E-state index contributed by atoms with van der Waals surface area (Å²) in [5, 5.41) is 10.5. The molecule has 2 N–H and O–H groups in total. The topological polar surface area (TPSA) is 77.4 Å². The number of hydrogen-bond acceptors (Lipinski definition) is 4. The number of carbonyl (C=O) groups excluding carboxylic acids is 1. The Morgan fingerprint density at radius 1 is 1.28 bits per heavy atom. The first-order valence-corrected chi connectivity index (χ1v) is 8.81. The van der Waals surface area contributed by atoms with Gasteiger partial charge in [0.2, 0.25) is 0 Å². The van der Waals surface area contributed by atoms with Gasteiger partial charge in [0, 0.05) is 24.4 Å². The lowest BCUT2D eigenvalue weighted by atomic mass is 10.00. The highest BCUT2D eigenvalue weighted by atomic mass is 19.4. The van der Waals surface area contributed by atoms with E-state index in [2.05, 4.69) is 20.5 Å². The molecule has 0 saturated carbocycles. The van der Waals surface area contributed by atoms with Crippen molar-refractivity contribution in [1.29, 1.82) is 0 Å². The van der Waals surface area contributed by atoms with Gasteiger partial charge in [-0.1, -0.05) is 18.2 Å². The van der Waals surface area contributed by atoms with E-state index >= 15 is 0 Å². The largest absolute Gasteiger partial charge is 0.573 e. The summed E-state index contributed by atoms with van der Waals surface area (Å²) >= 11 is 0. The third-order valence-corrected chi connectivity index (χ3v) is 4.61. The highest BCUT2D eigenvalue weighted by Gasteiger charge is 2.34. The van der Waals surface area contributed by atoms with Gasteiger partial charge in [-0.3, -0.25) is 4.68 Å². The van der Waals surface area contributed by atoms with Gasteiger partial charge in [0.05, 0.1) is 30.0 Å². The highest BCUT2D eigenvalue weighted by Crippen LogP contribution is 2.41. The number of ether oxygens (including phenoxy) is 2. The van der Waals surface area contributed by atoms with E-state index in [1.54, 1.807) is 36.1 Å². The summed E-state index contributed by atoms with van der Waals surface area (Å²) in [6.07, 6.45) is -2.78. The normalized spacial score (nSPS) is 16.1. The fraction of sp³-hybridized carbons (Fsp3) is 0.263. The van der Waals surface area contributed by atoms with Crippen molar-refractivity contribution in [3.63, 3.8) is 0 Å². The average molecular weight is 406 g/mol. The van der Waals surface area contributed by atoms with Gasteiger partial charge < -0.3 is 20.1 Å². The Labute approximate surface area is 163 Å². The van der Waals surface area contributed by atoms with Crippen LogP contribution in [0, 0.1) is 0 Å². The lowest BCUT2D eigenvalue weighted by Gasteiger charge is -2.28. The number of amides is 2. The molecule has 29 heavy (non-hydrogen) atoms. The first kappa shape index (κ1) is 18.9. The molecule has 0 radical (unpaired) electrons. The third-order valence-electron chi connectivity index (χ3n) is 4.61. The van der Waals surface area contributed by atoms with E-state index in [-0.39, 0.29) is 12.4 Å². The van der Waals surface area contributed by atoms with Gasteiger partial charge in [0.1, 0.15) is 0 Å². The first-order chi connectivity index (χ1) is 13.8. The minimum Gasteiger partial charge on any atom is -0.489 e. The minimum atomic E-state index is -4.83. The van der Waals surface area contributed by atoms with Crippen molar-refractivity contribution in [3.8, 4) is 11.5 Å². The summed E-state index contributed by atoms with van der Waals surface area (Å²) in [7, 11) is 1.80. The van der Waals surface area contributed by atoms with Gasteiger partial charge >= 0.3 is 12.4 Å². The first-order valence-electron chi connectivity index (χ1n) is 8.81. The molecule has 3 aromatic rings. The summed E-state index contributed by atoms with van der Waals surface area (Å²) in [6, 6.07) is 8.62. The van der Waals surface area contributed by atoms with Crippen LogP contribution in [0.2, 0.25) is 0 Å². The van der Waals surface area contributed by atoms with Crippen LogP contribution in [0.5, 0.6) is 11.5 Å². The molecule has 10 heteroatoms. The maximum absolute atomic E-state index is 12.6. The number of fused-ring (bicyclic) bond motifs is 2. The Balaban J connectivity index is 1.53. The number of para-hydroxylation sites is 1. The molecule has 1 aliphatic heterocycles. The highest BCUT2D eigenvalue weighted by molar-refractivity contribution is 6.00. The third kappa shape index (κ3) is 3.91. The average Bonchev–Trinajstić information content (AvgIpc) is 3.03. The van der Waals surface area contributed by atoms with Crippen LogP contribution in [0.4, 0.5) is 23.7 Å². The second-order valence-electron chi connectivity index (χ2n) is 6.52. The Morgan fingerprint density at radius 2 is 2.07 bits per heavy atom. The molecule has 1 aliphatic rings. The molecule has 2 aromatic carbocycles. The van der Waals surface area contributed by atoms with Crippen LogP contribution in [0.3, 0.4) is 0 Å². The maximum Gasteiger partial charge on any atom is 0.573 e. The van der Waals surface area contributed by atoms with Crippen LogP contribution in [0.15, 0.2) is 42.6 Å². The number of anilines is 1. The van der Waals surface area contributed by atoms with Crippen molar-refractivity contribution in [2.45, 2.75) is 18.8 Å². The number of carbonyl (C=O) groups is 1. The Kier molecular flexibility index (Phi) is 4.69. The van der Waals surface area contributed by atoms with Crippen LogP contribution < -0.4 is 20.1 Å². The molecule has 0 fully saturated rings. The molecular formula is C19H17F3N4O3. The smallest absolute Gasteiger partial charge is 0.489 e. The molecule has 152 valence electrons. The zero-order valence-corrected chi connectivity index (χ0v) is 15.3. The van der Waals surface area contributed by atoms with Gasteiger partial charge in [-0.2, -0.15) is 5.10 Å². The monoisotopic (exact) mass is 406 g/mol. The summed E-state index contributed by atoms with van der Waals surface area (Å²) < 4.78 is 49.0. The minimum absolute atomic E-state index is 0.0178. The number of hydrogen-bond donors (Lipinski definition) is 2. The fourth-order valence-corrected chi connectivity index (χ4v) is 3.35. The molecule has 0 spiro atoms. The maximum atomic E-state index is 12.6. The second-order valence-corrected chi connectivity index (χ2v) is 6.52. The van der Waals surface area contributed by atoms with Gasteiger partial charge in [0.15, 0.2) is 11.5 Å². The van der Waals surface area contributed by atoms with Crippen molar-refractivity contribution in [2.75, 3.05) is 11.9 Å². The van der Waals surface area contributed by atoms with E-state index < -0.39 is 24.2 Å².